The third-order valence-corrected chi connectivity index (χ3v) is 7.12. The second kappa shape index (κ2) is 8.30. The average molecular weight is 415 g/mol. The summed E-state index contributed by atoms with van der Waals surface area (Å²) in [6.07, 6.45) is 0.0102. The van der Waals surface area contributed by atoms with Gasteiger partial charge in [0.2, 0.25) is 0 Å². The second-order valence-electron chi connectivity index (χ2n) is 10.7. The van der Waals surface area contributed by atoms with Crippen LogP contribution in [0.4, 0.5) is 4.79 Å². The smallest absolute Gasteiger partial charge is 0.411 e. The summed E-state index contributed by atoms with van der Waals surface area (Å²) in [7, 11) is 1.95. The Morgan fingerprint density at radius 3 is 2.21 bits per heavy atom. The molecule has 2 aliphatic rings. The molecule has 0 aromatic rings. The van der Waals surface area contributed by atoms with Gasteiger partial charge in [-0.05, 0) is 60.4 Å². The fourth-order valence-corrected chi connectivity index (χ4v) is 4.43. The molecule has 5 unspecified atom stereocenters. The zero-order chi connectivity index (χ0) is 22.4. The maximum Gasteiger partial charge on any atom is 0.411 e. The molecular weight excluding hydrogens is 372 g/mol. The molecule has 1 amide bonds. The Balaban J connectivity index is 2.04. The summed E-state index contributed by atoms with van der Waals surface area (Å²) in [6, 6.07) is -0.264. The molecule has 1 aliphatic carbocycles. The van der Waals surface area contributed by atoms with E-state index in [-0.39, 0.29) is 36.7 Å². The number of likely N-dealkylation sites (N-methyl/N-ethyl adjacent to an activating group) is 1. The highest BCUT2D eigenvalue weighted by atomic mass is 16.6. The lowest BCUT2D eigenvalue weighted by Gasteiger charge is -2.46. The zero-order valence-electron chi connectivity index (χ0n) is 19.4. The predicted octanol–water partition coefficient (Wildman–Crippen LogP) is 1.70. The van der Waals surface area contributed by atoms with Crippen molar-refractivity contribution in [1.82, 2.24) is 9.80 Å². The van der Waals surface area contributed by atoms with Gasteiger partial charge in [-0.3, -0.25) is 9.80 Å². The summed E-state index contributed by atoms with van der Waals surface area (Å²) >= 11 is 0. The van der Waals surface area contributed by atoms with E-state index in [1.807, 2.05) is 48.6 Å². The summed E-state index contributed by atoms with van der Waals surface area (Å²) < 4.78 is 11.5. The molecule has 1 saturated carbocycles. The lowest BCUT2D eigenvalue weighted by molar-refractivity contribution is -0.199. The number of hydrogen-bond acceptors (Lipinski definition) is 7. The first-order valence-corrected chi connectivity index (χ1v) is 10.6. The number of nitrogens with two attached hydrogens (primary N) is 2. The second-order valence-corrected chi connectivity index (χ2v) is 10.7. The van der Waals surface area contributed by atoms with E-state index in [0.29, 0.717) is 19.5 Å². The summed E-state index contributed by atoms with van der Waals surface area (Å²) in [5.41, 5.74) is 11.0. The number of aliphatic hydroxyl groups excluding tert-OH is 1. The Morgan fingerprint density at radius 1 is 1.21 bits per heavy atom. The molecule has 8 heteroatoms. The predicted molar refractivity (Wildman–Crippen MR) is 113 cm³/mol. The number of amides is 1. The molecule has 170 valence electrons. The fourth-order valence-electron chi connectivity index (χ4n) is 4.43. The number of rotatable bonds is 4. The number of carbonyl (C=O) groups excluding carboxylic acids is 1. The molecule has 1 saturated heterocycles. The van der Waals surface area contributed by atoms with Gasteiger partial charge in [-0.15, -0.1) is 0 Å². The third-order valence-electron chi connectivity index (χ3n) is 7.12. The standard InChI is InChI=1S/C21H42N4O4/c1-13-15(22)9-20(6,10-16(13)23)17(26)28-11-21(7)14(2)25(12-24(21)8)18(27)29-19(3,4)5/h13-17,26H,9-12,22-23H2,1-8H3. The quantitative estimate of drug-likeness (QED) is 0.600. The maximum absolute atomic E-state index is 12.6. The molecular formula is C21H42N4O4. The largest absolute Gasteiger partial charge is 0.444 e. The Morgan fingerprint density at radius 2 is 1.72 bits per heavy atom. The van der Waals surface area contributed by atoms with Crippen molar-refractivity contribution in [1.29, 1.82) is 0 Å². The molecule has 5 N–H and O–H groups in total. The molecule has 1 aliphatic heterocycles. The first-order chi connectivity index (χ1) is 13.1. The van der Waals surface area contributed by atoms with Crippen molar-refractivity contribution in [3.63, 3.8) is 0 Å². The molecule has 1 heterocycles. The van der Waals surface area contributed by atoms with Crippen LogP contribution in [0.3, 0.4) is 0 Å². The van der Waals surface area contributed by atoms with Crippen LogP contribution in [0.15, 0.2) is 0 Å². The van der Waals surface area contributed by atoms with Crippen LogP contribution >= 0.6 is 0 Å². The summed E-state index contributed by atoms with van der Waals surface area (Å²) in [5.74, 6) is 0.219. The van der Waals surface area contributed by atoms with Crippen molar-refractivity contribution in [3.8, 4) is 0 Å². The molecule has 2 fully saturated rings. The van der Waals surface area contributed by atoms with Crippen LogP contribution < -0.4 is 11.5 Å². The van der Waals surface area contributed by atoms with Gasteiger partial charge in [0.15, 0.2) is 6.29 Å². The first-order valence-electron chi connectivity index (χ1n) is 10.6. The van der Waals surface area contributed by atoms with E-state index >= 15 is 0 Å². The van der Waals surface area contributed by atoms with Crippen molar-refractivity contribution in [3.05, 3.63) is 0 Å². The molecule has 0 radical (unpaired) electrons. The number of hydrogen-bond donors (Lipinski definition) is 3. The highest BCUT2D eigenvalue weighted by Crippen LogP contribution is 2.41. The van der Waals surface area contributed by atoms with Gasteiger partial charge in [-0.25, -0.2) is 4.79 Å². The van der Waals surface area contributed by atoms with E-state index in [1.54, 1.807) is 4.90 Å². The minimum atomic E-state index is -0.972. The SMILES string of the molecule is CC1C(N)CC(C)(C(O)OCC2(C)C(C)N(C(=O)OC(C)(C)C)CN2C)CC1N. The van der Waals surface area contributed by atoms with Crippen molar-refractivity contribution >= 4 is 6.09 Å². The fraction of sp³-hybridized carbons (Fsp3) is 0.952. The number of carbonyl (C=O) groups is 1. The lowest BCUT2D eigenvalue weighted by Crippen LogP contribution is -2.56. The maximum atomic E-state index is 12.6. The molecule has 0 bridgehead atoms. The molecule has 5 atom stereocenters. The molecule has 29 heavy (non-hydrogen) atoms. The van der Waals surface area contributed by atoms with Crippen LogP contribution in [0.25, 0.3) is 0 Å². The van der Waals surface area contributed by atoms with Gasteiger partial charge in [0.1, 0.15) is 5.60 Å². The summed E-state index contributed by atoms with van der Waals surface area (Å²) in [5, 5.41) is 10.9. The van der Waals surface area contributed by atoms with Gasteiger partial charge in [-0.1, -0.05) is 13.8 Å². The van der Waals surface area contributed by atoms with Gasteiger partial charge >= 0.3 is 6.09 Å². The average Bonchev–Trinajstić information content (AvgIpc) is 2.80. The van der Waals surface area contributed by atoms with Crippen molar-refractivity contribution < 1.29 is 19.4 Å². The molecule has 2 rings (SSSR count). The van der Waals surface area contributed by atoms with Gasteiger partial charge < -0.3 is 26.0 Å². The van der Waals surface area contributed by atoms with Gasteiger partial charge in [0, 0.05) is 17.5 Å². The van der Waals surface area contributed by atoms with Crippen molar-refractivity contribution in [2.75, 3.05) is 20.3 Å². The first kappa shape index (κ1) is 24.3. The Hall–Kier alpha value is -0.930. The van der Waals surface area contributed by atoms with Gasteiger partial charge in [0.05, 0.1) is 24.9 Å². The van der Waals surface area contributed by atoms with Crippen LogP contribution in [0.5, 0.6) is 0 Å². The van der Waals surface area contributed by atoms with Crippen LogP contribution in [-0.2, 0) is 9.47 Å². The van der Waals surface area contributed by atoms with E-state index in [4.69, 9.17) is 20.9 Å². The Kier molecular flexibility index (Phi) is 6.97. The van der Waals surface area contributed by atoms with Crippen LogP contribution in [0, 0.1) is 11.3 Å². The Labute approximate surface area is 175 Å². The Bertz CT molecular complexity index is 584. The van der Waals surface area contributed by atoms with Crippen LogP contribution in [0.2, 0.25) is 0 Å². The van der Waals surface area contributed by atoms with Gasteiger partial charge in [0.25, 0.3) is 0 Å². The number of aliphatic hydroxyl groups is 1. The third kappa shape index (κ3) is 5.05. The van der Waals surface area contributed by atoms with E-state index in [1.165, 1.54) is 0 Å². The van der Waals surface area contributed by atoms with E-state index in [9.17, 15) is 9.90 Å². The van der Waals surface area contributed by atoms with E-state index < -0.39 is 22.8 Å². The van der Waals surface area contributed by atoms with Crippen molar-refractivity contribution in [2.45, 2.75) is 96.9 Å². The number of ether oxygens (including phenoxy) is 2. The van der Waals surface area contributed by atoms with E-state index in [0.717, 1.165) is 0 Å². The molecule has 8 nitrogen and oxygen atoms in total. The highest BCUT2D eigenvalue weighted by molar-refractivity contribution is 5.69. The lowest BCUT2D eigenvalue weighted by atomic mass is 9.67. The normalized spacial score (nSPS) is 40.2. The minimum absolute atomic E-state index is 0.0617. The summed E-state index contributed by atoms with van der Waals surface area (Å²) in [6.45, 7) is 14.4. The zero-order valence-corrected chi connectivity index (χ0v) is 19.4. The van der Waals surface area contributed by atoms with E-state index in [2.05, 4.69) is 11.8 Å². The van der Waals surface area contributed by atoms with Crippen LogP contribution in [-0.4, -0.2) is 76.9 Å². The van der Waals surface area contributed by atoms with Gasteiger partial charge in [-0.2, -0.15) is 0 Å². The minimum Gasteiger partial charge on any atom is -0.444 e. The molecule has 0 aromatic heterocycles. The topological polar surface area (TPSA) is 114 Å². The monoisotopic (exact) mass is 414 g/mol. The summed E-state index contributed by atoms with van der Waals surface area (Å²) in [4.78, 5) is 16.4. The highest BCUT2D eigenvalue weighted by Gasteiger charge is 2.50. The number of nitrogens with zero attached hydrogens (tertiary/aromatic N) is 2. The van der Waals surface area contributed by atoms with Crippen LogP contribution in [0.1, 0.15) is 61.3 Å². The molecule has 0 aromatic carbocycles. The molecule has 0 spiro atoms. The van der Waals surface area contributed by atoms with Crippen molar-refractivity contribution in [2.24, 2.45) is 22.8 Å².